The zero-order chi connectivity index (χ0) is 32.0. The zero-order valence-corrected chi connectivity index (χ0v) is 28.4. The second-order valence-corrected chi connectivity index (χ2v) is 16.9. The maximum Gasteiger partial charge on any atom is 0.303 e. The van der Waals surface area contributed by atoms with Crippen molar-refractivity contribution in [3.63, 3.8) is 0 Å². The summed E-state index contributed by atoms with van der Waals surface area (Å²) in [6.07, 6.45) is 9.76. The standard InChI is InChI=1S/C36H47N5O4S/c1-38(2)46(43,44)37-35(42)24-10-14-29-32(16-24)41-22-36(21-40-25-11-12-26(40)20-39(3)19-25)18-31(36)30-17-27(45-4)13-15-28(30)34(41)33(29)23-8-6-5-7-9-23/h10,13-17,23,25-26,31H,5-9,11-12,18-22H2,1-4H3,(H,37,42)/t25-,26+,31-,36-/m0/s1. The van der Waals surface area contributed by atoms with Crippen LogP contribution in [0.15, 0.2) is 36.4 Å². The molecule has 3 aromatic rings. The molecule has 0 spiro atoms. The summed E-state index contributed by atoms with van der Waals surface area (Å²) in [7, 11) is 2.95. The molecule has 1 N–H and O–H groups in total. The van der Waals surface area contributed by atoms with E-state index in [0.29, 0.717) is 29.5 Å². The number of nitrogens with one attached hydrogen (secondary N) is 1. The van der Waals surface area contributed by atoms with E-state index in [0.717, 1.165) is 48.2 Å². The highest BCUT2D eigenvalue weighted by atomic mass is 32.2. The normalized spacial score (nSPS) is 28.1. The average molecular weight is 646 g/mol. The van der Waals surface area contributed by atoms with Crippen LogP contribution >= 0.6 is 0 Å². The number of aromatic nitrogens is 1. The first-order valence-corrected chi connectivity index (χ1v) is 18.6. The Morgan fingerprint density at radius 1 is 1.02 bits per heavy atom. The van der Waals surface area contributed by atoms with E-state index in [4.69, 9.17) is 4.74 Å². The summed E-state index contributed by atoms with van der Waals surface area (Å²) in [5, 5.41) is 1.20. The maximum atomic E-state index is 13.4. The molecule has 2 bridgehead atoms. The van der Waals surface area contributed by atoms with E-state index in [9.17, 15) is 13.2 Å². The van der Waals surface area contributed by atoms with Gasteiger partial charge in [0.2, 0.25) is 0 Å². The molecule has 3 aliphatic heterocycles. The van der Waals surface area contributed by atoms with Crippen LogP contribution in [0, 0.1) is 5.41 Å². The van der Waals surface area contributed by atoms with Crippen molar-refractivity contribution >= 4 is 27.0 Å². The Hall–Kier alpha value is -2.92. The molecule has 2 aromatic carbocycles. The molecular weight excluding hydrogens is 598 g/mol. The monoisotopic (exact) mass is 645 g/mol. The fourth-order valence-electron chi connectivity index (χ4n) is 9.54. The van der Waals surface area contributed by atoms with Crippen molar-refractivity contribution < 1.29 is 17.9 Å². The molecule has 2 saturated heterocycles. The molecule has 0 unspecified atom stereocenters. The minimum Gasteiger partial charge on any atom is -0.497 e. The molecule has 5 aliphatic rings. The van der Waals surface area contributed by atoms with Crippen molar-refractivity contribution in [1.82, 2.24) is 23.4 Å². The van der Waals surface area contributed by atoms with E-state index in [2.05, 4.69) is 50.4 Å². The average Bonchev–Trinajstić information content (AvgIpc) is 3.60. The summed E-state index contributed by atoms with van der Waals surface area (Å²) in [5.41, 5.74) is 6.90. The van der Waals surface area contributed by atoms with Crippen LogP contribution in [0.5, 0.6) is 5.75 Å². The Bertz CT molecular complexity index is 1800. The van der Waals surface area contributed by atoms with Gasteiger partial charge >= 0.3 is 10.2 Å². The van der Waals surface area contributed by atoms with Gasteiger partial charge in [0, 0.05) is 79.8 Å². The van der Waals surface area contributed by atoms with Crippen LogP contribution in [0.25, 0.3) is 22.2 Å². The number of rotatable bonds is 7. The van der Waals surface area contributed by atoms with Gasteiger partial charge in [0.25, 0.3) is 5.91 Å². The third-order valence-electron chi connectivity index (χ3n) is 11.9. The first-order valence-electron chi connectivity index (χ1n) is 17.1. The number of benzene rings is 2. The van der Waals surface area contributed by atoms with Gasteiger partial charge in [-0.25, -0.2) is 4.72 Å². The quantitative estimate of drug-likeness (QED) is 0.382. The molecule has 2 aliphatic carbocycles. The number of ether oxygens (including phenoxy) is 1. The van der Waals surface area contributed by atoms with E-state index in [1.807, 2.05) is 12.1 Å². The van der Waals surface area contributed by atoms with Crippen molar-refractivity contribution in [2.24, 2.45) is 5.41 Å². The van der Waals surface area contributed by atoms with Crippen LogP contribution < -0.4 is 9.46 Å². The number of hydrogen-bond acceptors (Lipinski definition) is 6. The van der Waals surface area contributed by atoms with Gasteiger partial charge in [-0.15, -0.1) is 0 Å². The molecule has 4 heterocycles. The third-order valence-corrected chi connectivity index (χ3v) is 13.4. The molecular formula is C36H47N5O4S. The number of carbonyl (C=O) groups excluding carboxylic acids is 1. The molecule has 9 nitrogen and oxygen atoms in total. The number of piperazine rings is 1. The SMILES string of the molecule is COc1ccc2c(c1)[C@@H]1C[C@]1(CN1[C@@H]3CC[C@H]1CN(C)C3)Cn1c-2c(C2CCCCC2)c2ccc(C(=O)NS(=O)(=O)N(C)C)cc21. The summed E-state index contributed by atoms with van der Waals surface area (Å²) in [6.45, 7) is 4.25. The van der Waals surface area contributed by atoms with Crippen molar-refractivity contribution in [2.45, 2.75) is 81.8 Å². The second kappa shape index (κ2) is 11.1. The smallest absolute Gasteiger partial charge is 0.303 e. The lowest BCUT2D eigenvalue weighted by atomic mass is 9.81. The largest absolute Gasteiger partial charge is 0.497 e. The number of likely N-dealkylation sites (tertiary alicyclic amines) is 1. The van der Waals surface area contributed by atoms with E-state index in [1.54, 1.807) is 7.11 Å². The number of carbonyl (C=O) groups is 1. The lowest BCUT2D eigenvalue weighted by Crippen LogP contribution is -2.54. The Kier molecular flexibility index (Phi) is 7.32. The second-order valence-electron chi connectivity index (χ2n) is 15.0. The van der Waals surface area contributed by atoms with E-state index < -0.39 is 16.1 Å². The summed E-state index contributed by atoms with van der Waals surface area (Å²) >= 11 is 0. The molecule has 1 amide bonds. The Morgan fingerprint density at radius 3 is 2.46 bits per heavy atom. The summed E-state index contributed by atoms with van der Waals surface area (Å²) in [5.74, 6) is 1.21. The third kappa shape index (κ3) is 4.90. The topological polar surface area (TPSA) is 87.1 Å². The number of methoxy groups -OCH3 is 1. The van der Waals surface area contributed by atoms with E-state index >= 15 is 0 Å². The van der Waals surface area contributed by atoms with E-state index in [-0.39, 0.29) is 5.41 Å². The summed E-state index contributed by atoms with van der Waals surface area (Å²) in [4.78, 5) is 18.7. The van der Waals surface area contributed by atoms with Crippen LogP contribution in [0.2, 0.25) is 0 Å². The molecule has 4 atom stereocenters. The number of likely N-dealkylation sites (N-methyl/N-ethyl adjacent to an activating group) is 1. The van der Waals surface area contributed by atoms with Crippen molar-refractivity contribution in [3.8, 4) is 17.0 Å². The van der Waals surface area contributed by atoms with Crippen LogP contribution in [-0.4, -0.2) is 93.0 Å². The first kappa shape index (κ1) is 30.4. The van der Waals surface area contributed by atoms with Gasteiger partial charge in [0.1, 0.15) is 5.75 Å². The molecule has 246 valence electrons. The number of nitrogens with zero attached hydrogens (tertiary/aromatic N) is 4. The lowest BCUT2D eigenvalue weighted by molar-refractivity contribution is 0.0595. The summed E-state index contributed by atoms with van der Waals surface area (Å²) < 4.78 is 36.8. The molecule has 0 radical (unpaired) electrons. The van der Waals surface area contributed by atoms with Crippen molar-refractivity contribution in [1.29, 1.82) is 0 Å². The first-order chi connectivity index (χ1) is 22.1. The van der Waals surface area contributed by atoms with Gasteiger partial charge < -0.3 is 14.2 Å². The van der Waals surface area contributed by atoms with Gasteiger partial charge in [0.15, 0.2) is 0 Å². The Balaban J connectivity index is 1.30. The highest BCUT2D eigenvalue weighted by molar-refractivity contribution is 7.87. The zero-order valence-electron chi connectivity index (χ0n) is 27.6. The highest BCUT2D eigenvalue weighted by Crippen LogP contribution is 2.66. The number of amides is 1. The predicted octanol–water partition coefficient (Wildman–Crippen LogP) is 5.17. The van der Waals surface area contributed by atoms with Gasteiger partial charge in [-0.05, 0) is 92.4 Å². The molecule has 10 heteroatoms. The minimum atomic E-state index is -3.91. The highest BCUT2D eigenvalue weighted by Gasteiger charge is 2.60. The van der Waals surface area contributed by atoms with Crippen LogP contribution in [0.4, 0.5) is 0 Å². The van der Waals surface area contributed by atoms with Crippen LogP contribution in [0.3, 0.4) is 0 Å². The van der Waals surface area contributed by atoms with Crippen molar-refractivity contribution in [2.75, 3.05) is 47.9 Å². The van der Waals surface area contributed by atoms with Crippen LogP contribution in [0.1, 0.15) is 84.7 Å². The molecule has 46 heavy (non-hydrogen) atoms. The molecule has 8 rings (SSSR count). The lowest BCUT2D eigenvalue weighted by Gasteiger charge is -2.41. The van der Waals surface area contributed by atoms with Crippen LogP contribution in [-0.2, 0) is 16.8 Å². The minimum absolute atomic E-state index is 0.0887. The fourth-order valence-corrected chi connectivity index (χ4v) is 10.1. The molecule has 2 saturated carbocycles. The Morgan fingerprint density at radius 2 is 1.76 bits per heavy atom. The van der Waals surface area contributed by atoms with Gasteiger partial charge in [-0.2, -0.15) is 12.7 Å². The van der Waals surface area contributed by atoms with Gasteiger partial charge in [-0.1, -0.05) is 25.3 Å². The predicted molar refractivity (Wildman–Crippen MR) is 181 cm³/mol. The fraction of sp³-hybridized carbons (Fsp3) is 0.583. The number of fused-ring (bicyclic) bond motifs is 9. The Labute approximate surface area is 273 Å². The number of hydrogen-bond donors (Lipinski definition) is 1. The maximum absolute atomic E-state index is 13.4. The van der Waals surface area contributed by atoms with Gasteiger partial charge in [0.05, 0.1) is 12.8 Å². The van der Waals surface area contributed by atoms with Crippen molar-refractivity contribution in [3.05, 3.63) is 53.1 Å². The molecule has 4 fully saturated rings. The molecule has 1 aromatic heterocycles. The summed E-state index contributed by atoms with van der Waals surface area (Å²) in [6, 6.07) is 13.7. The van der Waals surface area contributed by atoms with Gasteiger partial charge in [-0.3, -0.25) is 9.69 Å². The van der Waals surface area contributed by atoms with E-state index in [1.165, 1.54) is 86.8 Å².